The highest BCUT2D eigenvalue weighted by molar-refractivity contribution is 6.32. The van der Waals surface area contributed by atoms with Crippen molar-refractivity contribution in [2.24, 2.45) is 0 Å². The van der Waals surface area contributed by atoms with Gasteiger partial charge in [-0.15, -0.1) is 0 Å². The Bertz CT molecular complexity index is 762. The van der Waals surface area contributed by atoms with Gasteiger partial charge < -0.3 is 15.4 Å². The summed E-state index contributed by atoms with van der Waals surface area (Å²) in [6, 6.07) is 12.8. The quantitative estimate of drug-likeness (QED) is 0.796. The monoisotopic (exact) mass is 360 g/mol. The Kier molecular flexibility index (Phi) is 6.83. The minimum Gasteiger partial charge on any atom is -0.495 e. The average Bonchev–Trinajstić information content (AvgIpc) is 2.61. The summed E-state index contributed by atoms with van der Waals surface area (Å²) in [5.41, 5.74) is 2.39. The fraction of sp³-hybridized carbons (Fsp3) is 0.263. The molecule has 132 valence electrons. The molecule has 6 heteroatoms. The molecule has 0 heterocycles. The lowest BCUT2D eigenvalue weighted by Gasteiger charge is -2.11. The van der Waals surface area contributed by atoms with E-state index >= 15 is 0 Å². The van der Waals surface area contributed by atoms with Crippen LogP contribution < -0.4 is 15.4 Å². The van der Waals surface area contributed by atoms with Crippen molar-refractivity contribution in [3.05, 3.63) is 58.6 Å². The number of rotatable bonds is 7. The number of carbonyl (C=O) groups is 2. The van der Waals surface area contributed by atoms with Crippen LogP contribution in [0.4, 0.5) is 5.69 Å². The van der Waals surface area contributed by atoms with Crippen molar-refractivity contribution in [1.82, 2.24) is 5.32 Å². The largest absolute Gasteiger partial charge is 0.495 e. The van der Waals surface area contributed by atoms with Crippen molar-refractivity contribution in [3.63, 3.8) is 0 Å². The number of methoxy groups -OCH3 is 1. The van der Waals surface area contributed by atoms with Crippen LogP contribution in [0.5, 0.6) is 5.75 Å². The van der Waals surface area contributed by atoms with E-state index in [-0.39, 0.29) is 18.2 Å². The van der Waals surface area contributed by atoms with Crippen molar-refractivity contribution in [3.8, 4) is 5.75 Å². The zero-order chi connectivity index (χ0) is 18.2. The van der Waals surface area contributed by atoms with Crippen LogP contribution in [-0.4, -0.2) is 26.0 Å². The smallest absolute Gasteiger partial charge is 0.224 e. The van der Waals surface area contributed by atoms with Crippen LogP contribution in [0, 0.1) is 0 Å². The Morgan fingerprint density at radius 1 is 1.12 bits per heavy atom. The molecule has 0 aliphatic rings. The third kappa shape index (κ3) is 5.50. The van der Waals surface area contributed by atoms with Gasteiger partial charge in [0.1, 0.15) is 5.75 Å². The second-order valence-electron chi connectivity index (χ2n) is 5.52. The number of ether oxygens (including phenoxy) is 1. The molecule has 0 atom stereocenters. The number of hydrogen-bond donors (Lipinski definition) is 2. The van der Waals surface area contributed by atoms with E-state index in [9.17, 15) is 9.59 Å². The molecule has 0 unspecified atom stereocenters. The summed E-state index contributed by atoms with van der Waals surface area (Å²) in [4.78, 5) is 23.8. The van der Waals surface area contributed by atoms with Gasteiger partial charge in [0, 0.05) is 19.2 Å². The van der Waals surface area contributed by atoms with E-state index in [2.05, 4.69) is 10.6 Å². The SMILES string of the molecule is CNC(=O)Cc1ccccc1NC(=O)CCc1ccc(OC)c(Cl)c1. The Hall–Kier alpha value is -2.53. The predicted octanol–water partition coefficient (Wildman–Crippen LogP) is 3.21. The highest BCUT2D eigenvalue weighted by Crippen LogP contribution is 2.25. The Morgan fingerprint density at radius 3 is 2.56 bits per heavy atom. The Morgan fingerprint density at radius 2 is 1.88 bits per heavy atom. The third-order valence-corrected chi connectivity index (χ3v) is 4.07. The van der Waals surface area contributed by atoms with Gasteiger partial charge in [0.15, 0.2) is 0 Å². The topological polar surface area (TPSA) is 67.4 Å². The van der Waals surface area contributed by atoms with Crippen molar-refractivity contribution >= 4 is 29.1 Å². The fourth-order valence-electron chi connectivity index (χ4n) is 2.39. The van der Waals surface area contributed by atoms with Crippen LogP contribution in [0.3, 0.4) is 0 Å². The van der Waals surface area contributed by atoms with E-state index in [4.69, 9.17) is 16.3 Å². The van der Waals surface area contributed by atoms with Gasteiger partial charge in [-0.1, -0.05) is 35.9 Å². The zero-order valence-electron chi connectivity index (χ0n) is 14.3. The lowest BCUT2D eigenvalue weighted by molar-refractivity contribution is -0.120. The first kappa shape index (κ1) is 18.8. The lowest BCUT2D eigenvalue weighted by atomic mass is 10.1. The standard InChI is InChI=1S/C19H21ClN2O3/c1-21-19(24)12-14-5-3-4-6-16(14)22-18(23)10-8-13-7-9-17(25-2)15(20)11-13/h3-7,9,11H,8,10,12H2,1-2H3,(H,21,24)(H,22,23). The van der Waals surface area contributed by atoms with E-state index in [0.29, 0.717) is 29.3 Å². The van der Waals surface area contributed by atoms with E-state index < -0.39 is 0 Å². The van der Waals surface area contributed by atoms with Gasteiger partial charge in [-0.2, -0.15) is 0 Å². The van der Waals surface area contributed by atoms with Crippen LogP contribution in [0.25, 0.3) is 0 Å². The molecule has 0 aromatic heterocycles. The normalized spacial score (nSPS) is 10.2. The highest BCUT2D eigenvalue weighted by Gasteiger charge is 2.10. The number of halogens is 1. The number of aryl methyl sites for hydroxylation is 1. The minimum atomic E-state index is -0.115. The van der Waals surface area contributed by atoms with Gasteiger partial charge in [0.05, 0.1) is 18.6 Å². The molecule has 25 heavy (non-hydrogen) atoms. The Labute approximate surface area is 152 Å². The number of hydrogen-bond acceptors (Lipinski definition) is 3. The average molecular weight is 361 g/mol. The molecule has 0 aliphatic heterocycles. The summed E-state index contributed by atoms with van der Waals surface area (Å²) in [5, 5.41) is 5.98. The highest BCUT2D eigenvalue weighted by atomic mass is 35.5. The summed E-state index contributed by atoms with van der Waals surface area (Å²) in [6.07, 6.45) is 1.10. The van der Waals surface area contributed by atoms with E-state index in [1.807, 2.05) is 24.3 Å². The molecule has 0 radical (unpaired) electrons. The number of para-hydroxylation sites is 1. The van der Waals surface area contributed by atoms with Crippen molar-refractivity contribution < 1.29 is 14.3 Å². The summed E-state index contributed by atoms with van der Waals surface area (Å²) in [6.45, 7) is 0. The van der Waals surface area contributed by atoms with Gasteiger partial charge in [0.25, 0.3) is 0 Å². The second kappa shape index (κ2) is 9.08. The molecule has 0 fully saturated rings. The first-order chi connectivity index (χ1) is 12.0. The van der Waals surface area contributed by atoms with E-state index in [1.54, 1.807) is 32.4 Å². The first-order valence-electron chi connectivity index (χ1n) is 7.94. The van der Waals surface area contributed by atoms with Crippen LogP contribution >= 0.6 is 11.6 Å². The van der Waals surface area contributed by atoms with Crippen LogP contribution in [0.15, 0.2) is 42.5 Å². The predicted molar refractivity (Wildman–Crippen MR) is 99.2 cm³/mol. The van der Waals surface area contributed by atoms with Gasteiger partial charge in [-0.25, -0.2) is 0 Å². The van der Waals surface area contributed by atoms with Crippen molar-refractivity contribution in [2.75, 3.05) is 19.5 Å². The Balaban J connectivity index is 1.96. The molecule has 0 saturated heterocycles. The van der Waals surface area contributed by atoms with Crippen molar-refractivity contribution in [2.45, 2.75) is 19.3 Å². The molecule has 0 bridgehead atoms. The van der Waals surface area contributed by atoms with Gasteiger partial charge in [-0.3, -0.25) is 9.59 Å². The van der Waals surface area contributed by atoms with Crippen molar-refractivity contribution in [1.29, 1.82) is 0 Å². The number of nitrogens with one attached hydrogen (secondary N) is 2. The summed E-state index contributed by atoms with van der Waals surface area (Å²) < 4.78 is 5.11. The van der Waals surface area contributed by atoms with Gasteiger partial charge in [-0.05, 0) is 35.7 Å². The van der Waals surface area contributed by atoms with Gasteiger partial charge >= 0.3 is 0 Å². The molecule has 5 nitrogen and oxygen atoms in total. The van der Waals surface area contributed by atoms with E-state index in [1.165, 1.54) is 0 Å². The molecule has 0 saturated carbocycles. The molecule has 2 aromatic rings. The molecular formula is C19H21ClN2O3. The maximum Gasteiger partial charge on any atom is 0.224 e. The molecule has 2 amide bonds. The molecule has 2 N–H and O–H groups in total. The second-order valence-corrected chi connectivity index (χ2v) is 5.93. The first-order valence-corrected chi connectivity index (χ1v) is 8.32. The summed E-state index contributed by atoms with van der Waals surface area (Å²) in [7, 11) is 3.15. The lowest BCUT2D eigenvalue weighted by Crippen LogP contribution is -2.21. The number of carbonyl (C=O) groups excluding carboxylic acids is 2. The number of likely N-dealkylation sites (N-methyl/N-ethyl adjacent to an activating group) is 1. The molecular weight excluding hydrogens is 340 g/mol. The summed E-state index contributed by atoms with van der Waals surface area (Å²) in [5.74, 6) is 0.392. The van der Waals surface area contributed by atoms with Crippen LogP contribution in [0.1, 0.15) is 17.5 Å². The molecule has 0 spiro atoms. The minimum absolute atomic E-state index is 0.102. The fourth-order valence-corrected chi connectivity index (χ4v) is 2.67. The van der Waals surface area contributed by atoms with E-state index in [0.717, 1.165) is 11.1 Å². The molecule has 2 rings (SSSR count). The van der Waals surface area contributed by atoms with Gasteiger partial charge in [0.2, 0.25) is 11.8 Å². The maximum atomic E-state index is 12.2. The number of benzene rings is 2. The maximum absolute atomic E-state index is 12.2. The number of anilines is 1. The van der Waals surface area contributed by atoms with Crippen LogP contribution in [0.2, 0.25) is 5.02 Å². The molecule has 2 aromatic carbocycles. The molecule has 0 aliphatic carbocycles. The van der Waals surface area contributed by atoms with Crippen LogP contribution in [-0.2, 0) is 22.4 Å². The zero-order valence-corrected chi connectivity index (χ0v) is 15.0. The summed E-state index contributed by atoms with van der Waals surface area (Å²) >= 11 is 6.09. The number of amides is 2. The third-order valence-electron chi connectivity index (χ3n) is 3.78.